The van der Waals surface area contributed by atoms with Crippen LogP contribution in [0.1, 0.15) is 5.56 Å². The van der Waals surface area contributed by atoms with E-state index in [1.54, 1.807) is 12.4 Å². The molecular weight excluding hydrogens is 326 g/mol. The molecule has 0 saturated carbocycles. The van der Waals surface area contributed by atoms with Crippen LogP contribution in [0.4, 0.5) is 0 Å². The molecule has 1 aliphatic heterocycles. The molecule has 1 aliphatic rings. The van der Waals surface area contributed by atoms with E-state index in [4.69, 9.17) is 5.10 Å². The highest BCUT2D eigenvalue weighted by Crippen LogP contribution is 2.23. The Balaban J connectivity index is 1.56. The molecule has 1 saturated heterocycles. The number of aromatic nitrogens is 3. The van der Waals surface area contributed by atoms with Gasteiger partial charge in [0, 0.05) is 61.8 Å². The molecule has 1 fully saturated rings. The average Bonchev–Trinajstić information content (AvgIpc) is 3.30. The molecule has 6 heteroatoms. The normalized spacial score (nSPS) is 19.7. The van der Waals surface area contributed by atoms with Gasteiger partial charge in [0.2, 0.25) is 0 Å². The molecular formula is C20H23N5O. The number of nitrogens with zero attached hydrogens (tertiary/aromatic N) is 3. The number of benzene rings is 1. The fraction of sp³-hybridized carbons (Fsp3) is 0.300. The Morgan fingerprint density at radius 2 is 1.92 bits per heavy atom. The van der Waals surface area contributed by atoms with Gasteiger partial charge in [-0.05, 0) is 24.3 Å². The van der Waals surface area contributed by atoms with Crippen molar-refractivity contribution in [3.8, 4) is 16.9 Å². The van der Waals surface area contributed by atoms with Crippen LogP contribution in [0.15, 0.2) is 61.1 Å². The Bertz CT molecular complexity index is 834. The summed E-state index contributed by atoms with van der Waals surface area (Å²) in [5.41, 5.74) is 4.16. The van der Waals surface area contributed by atoms with E-state index in [9.17, 15) is 5.11 Å². The fourth-order valence-electron chi connectivity index (χ4n) is 3.32. The Labute approximate surface area is 152 Å². The van der Waals surface area contributed by atoms with Crippen LogP contribution in [0.25, 0.3) is 16.9 Å². The number of para-hydroxylation sites is 1. The molecule has 1 aromatic carbocycles. The molecule has 134 valence electrons. The highest BCUT2D eigenvalue weighted by Gasteiger charge is 2.24. The first-order valence-corrected chi connectivity index (χ1v) is 8.95. The largest absolute Gasteiger partial charge is 0.391 e. The molecule has 2 aromatic heterocycles. The van der Waals surface area contributed by atoms with E-state index in [2.05, 4.69) is 21.8 Å². The number of aliphatic hydroxyl groups is 1. The van der Waals surface area contributed by atoms with E-state index in [1.807, 2.05) is 47.1 Å². The zero-order chi connectivity index (χ0) is 17.8. The van der Waals surface area contributed by atoms with Gasteiger partial charge < -0.3 is 15.7 Å². The lowest BCUT2D eigenvalue weighted by molar-refractivity contribution is 0.146. The second kappa shape index (κ2) is 7.78. The summed E-state index contributed by atoms with van der Waals surface area (Å²) >= 11 is 0. The van der Waals surface area contributed by atoms with E-state index < -0.39 is 0 Å². The standard InChI is InChI=1S/C20H23N5O/c26-19-13-23-11-16(19)10-22-12-17-14-25(18-4-2-1-3-5-18)24-20(17)15-6-8-21-9-7-15/h1-9,14,16,19,22-23,26H,10-13H2. The van der Waals surface area contributed by atoms with Crippen molar-refractivity contribution >= 4 is 0 Å². The molecule has 6 nitrogen and oxygen atoms in total. The third-order valence-electron chi connectivity index (χ3n) is 4.79. The average molecular weight is 349 g/mol. The minimum absolute atomic E-state index is 0.253. The molecule has 3 heterocycles. The number of aliphatic hydroxyl groups excluding tert-OH is 1. The summed E-state index contributed by atoms with van der Waals surface area (Å²) in [6.07, 6.45) is 5.37. The van der Waals surface area contributed by atoms with Crippen LogP contribution >= 0.6 is 0 Å². The first-order valence-electron chi connectivity index (χ1n) is 8.95. The van der Waals surface area contributed by atoms with Crippen LogP contribution in [0.5, 0.6) is 0 Å². The predicted molar refractivity (Wildman–Crippen MR) is 101 cm³/mol. The summed E-state index contributed by atoms with van der Waals surface area (Å²) in [5.74, 6) is 0.253. The SMILES string of the molecule is OC1CNCC1CNCc1cn(-c2ccccc2)nc1-c1ccncc1. The third-order valence-corrected chi connectivity index (χ3v) is 4.79. The molecule has 4 rings (SSSR count). The number of nitrogens with one attached hydrogen (secondary N) is 2. The van der Waals surface area contributed by atoms with Crippen LogP contribution in [0.3, 0.4) is 0 Å². The van der Waals surface area contributed by atoms with Crippen molar-refractivity contribution in [1.82, 2.24) is 25.4 Å². The van der Waals surface area contributed by atoms with Crippen LogP contribution in [-0.2, 0) is 6.54 Å². The molecule has 26 heavy (non-hydrogen) atoms. The van der Waals surface area contributed by atoms with Gasteiger partial charge in [0.15, 0.2) is 0 Å². The van der Waals surface area contributed by atoms with Gasteiger partial charge in [0.1, 0.15) is 0 Å². The van der Waals surface area contributed by atoms with Crippen LogP contribution in [-0.4, -0.2) is 45.6 Å². The Morgan fingerprint density at radius 1 is 1.12 bits per heavy atom. The van der Waals surface area contributed by atoms with Crippen LogP contribution in [0.2, 0.25) is 0 Å². The Kier molecular flexibility index (Phi) is 5.06. The van der Waals surface area contributed by atoms with E-state index in [0.717, 1.165) is 35.6 Å². The zero-order valence-corrected chi connectivity index (χ0v) is 14.5. The van der Waals surface area contributed by atoms with Gasteiger partial charge in [-0.1, -0.05) is 18.2 Å². The van der Waals surface area contributed by atoms with Gasteiger partial charge in [-0.2, -0.15) is 5.10 Å². The van der Waals surface area contributed by atoms with E-state index in [0.29, 0.717) is 13.1 Å². The lowest BCUT2D eigenvalue weighted by Gasteiger charge is -2.14. The van der Waals surface area contributed by atoms with Crippen LogP contribution in [0, 0.1) is 5.92 Å². The number of rotatable bonds is 6. The second-order valence-corrected chi connectivity index (χ2v) is 6.64. The molecule has 2 unspecified atom stereocenters. The second-order valence-electron chi connectivity index (χ2n) is 6.64. The molecule has 0 bridgehead atoms. The van der Waals surface area contributed by atoms with Crippen LogP contribution < -0.4 is 10.6 Å². The third kappa shape index (κ3) is 3.67. The number of β-amino-alcohol motifs (C(OH)–C–C–N with tert-alkyl or cyclic N) is 1. The lowest BCUT2D eigenvalue weighted by Crippen LogP contribution is -2.30. The molecule has 0 amide bonds. The van der Waals surface area contributed by atoms with Crippen molar-refractivity contribution in [2.24, 2.45) is 5.92 Å². The summed E-state index contributed by atoms with van der Waals surface area (Å²) in [6, 6.07) is 14.1. The summed E-state index contributed by atoms with van der Waals surface area (Å²) in [5, 5.41) is 21.4. The molecule has 2 atom stereocenters. The van der Waals surface area contributed by atoms with Crippen molar-refractivity contribution in [2.75, 3.05) is 19.6 Å². The minimum Gasteiger partial charge on any atom is -0.391 e. The van der Waals surface area contributed by atoms with Crippen molar-refractivity contribution in [2.45, 2.75) is 12.6 Å². The van der Waals surface area contributed by atoms with E-state index in [1.165, 1.54) is 0 Å². The Morgan fingerprint density at radius 3 is 2.65 bits per heavy atom. The van der Waals surface area contributed by atoms with Gasteiger partial charge in [-0.25, -0.2) is 4.68 Å². The zero-order valence-electron chi connectivity index (χ0n) is 14.5. The minimum atomic E-state index is -0.269. The summed E-state index contributed by atoms with van der Waals surface area (Å²) in [7, 11) is 0. The van der Waals surface area contributed by atoms with E-state index in [-0.39, 0.29) is 12.0 Å². The van der Waals surface area contributed by atoms with Gasteiger partial charge in [0.05, 0.1) is 17.5 Å². The number of pyridine rings is 1. The predicted octanol–water partition coefficient (Wildman–Crippen LogP) is 1.60. The number of hydrogen-bond acceptors (Lipinski definition) is 5. The molecule has 0 spiro atoms. The van der Waals surface area contributed by atoms with Crippen molar-refractivity contribution < 1.29 is 5.11 Å². The van der Waals surface area contributed by atoms with Crippen molar-refractivity contribution in [3.05, 3.63) is 66.6 Å². The quantitative estimate of drug-likeness (QED) is 0.630. The van der Waals surface area contributed by atoms with Gasteiger partial charge >= 0.3 is 0 Å². The smallest absolute Gasteiger partial charge is 0.0973 e. The summed E-state index contributed by atoms with van der Waals surface area (Å²) in [6.45, 7) is 3.02. The molecule has 3 N–H and O–H groups in total. The Hall–Kier alpha value is -2.54. The highest BCUT2D eigenvalue weighted by molar-refractivity contribution is 5.62. The first kappa shape index (κ1) is 16.9. The molecule has 3 aromatic rings. The van der Waals surface area contributed by atoms with Crippen molar-refractivity contribution in [1.29, 1.82) is 0 Å². The number of hydrogen-bond donors (Lipinski definition) is 3. The lowest BCUT2D eigenvalue weighted by atomic mass is 10.1. The van der Waals surface area contributed by atoms with Crippen molar-refractivity contribution in [3.63, 3.8) is 0 Å². The highest BCUT2D eigenvalue weighted by atomic mass is 16.3. The van der Waals surface area contributed by atoms with Gasteiger partial charge in [-0.3, -0.25) is 4.98 Å². The maximum Gasteiger partial charge on any atom is 0.0973 e. The monoisotopic (exact) mass is 349 g/mol. The topological polar surface area (TPSA) is 75.0 Å². The van der Waals surface area contributed by atoms with Gasteiger partial charge in [0.25, 0.3) is 0 Å². The summed E-state index contributed by atoms with van der Waals surface area (Å²) in [4.78, 5) is 4.10. The van der Waals surface area contributed by atoms with Gasteiger partial charge in [-0.15, -0.1) is 0 Å². The molecule has 0 radical (unpaired) electrons. The fourth-order valence-corrected chi connectivity index (χ4v) is 3.32. The summed E-state index contributed by atoms with van der Waals surface area (Å²) < 4.78 is 1.92. The van der Waals surface area contributed by atoms with E-state index >= 15 is 0 Å². The molecule has 0 aliphatic carbocycles. The first-order chi connectivity index (χ1) is 12.8. The maximum absolute atomic E-state index is 9.95. The maximum atomic E-state index is 9.95.